The molecular formula is C15H20N4O. The molecule has 1 aromatic rings. The van der Waals surface area contributed by atoms with Crippen molar-refractivity contribution >= 4 is 0 Å². The van der Waals surface area contributed by atoms with Gasteiger partial charge in [0.15, 0.2) is 0 Å². The summed E-state index contributed by atoms with van der Waals surface area (Å²) in [4.78, 5) is 1.80. The lowest BCUT2D eigenvalue weighted by Gasteiger charge is -2.32. The number of benzene rings is 1. The third kappa shape index (κ3) is 3.96. The van der Waals surface area contributed by atoms with Gasteiger partial charge in [-0.15, -0.1) is 0 Å². The minimum atomic E-state index is -0.148. The van der Waals surface area contributed by atoms with Gasteiger partial charge >= 0.3 is 0 Å². The van der Waals surface area contributed by atoms with Crippen LogP contribution in [-0.4, -0.2) is 31.1 Å². The normalized spacial score (nSPS) is 13.3. The van der Waals surface area contributed by atoms with E-state index in [1.165, 1.54) is 0 Å². The topological polar surface area (TPSA) is 86.1 Å². The number of nitrogens with zero attached hydrogens (tertiary/aromatic N) is 3. The Labute approximate surface area is 120 Å². The molecule has 2 unspecified atom stereocenters. The molecule has 0 aliphatic rings. The maximum Gasteiger partial charge on any atom is 0.118 e. The Morgan fingerprint density at radius 3 is 2.15 bits per heavy atom. The molecule has 0 heterocycles. The number of nitriles is 2. The summed E-state index contributed by atoms with van der Waals surface area (Å²) in [5, 5.41) is 17.9. The Bertz CT molecular complexity index is 470. The zero-order valence-corrected chi connectivity index (χ0v) is 11.9. The molecule has 1 rings (SSSR count). The molecule has 0 saturated heterocycles. The SMILES string of the molecule is CCC(N)C(c1ccc(OC)cc1)N(CC#N)CC#N. The van der Waals surface area contributed by atoms with Crippen LogP contribution < -0.4 is 10.5 Å². The van der Waals surface area contributed by atoms with Gasteiger partial charge in [0.2, 0.25) is 0 Å². The quantitative estimate of drug-likeness (QED) is 0.765. The van der Waals surface area contributed by atoms with Crippen molar-refractivity contribution in [1.82, 2.24) is 4.90 Å². The molecule has 5 heteroatoms. The predicted molar refractivity (Wildman–Crippen MR) is 76.8 cm³/mol. The fourth-order valence-corrected chi connectivity index (χ4v) is 2.19. The summed E-state index contributed by atoms with van der Waals surface area (Å²) in [6.07, 6.45) is 0.768. The van der Waals surface area contributed by atoms with Gasteiger partial charge in [0.25, 0.3) is 0 Å². The Kier molecular flexibility index (Phi) is 6.52. The van der Waals surface area contributed by atoms with Gasteiger partial charge in [0.05, 0.1) is 38.4 Å². The summed E-state index contributed by atoms with van der Waals surface area (Å²) >= 11 is 0. The van der Waals surface area contributed by atoms with Crippen molar-refractivity contribution in [2.75, 3.05) is 20.2 Å². The summed E-state index contributed by atoms with van der Waals surface area (Å²) in [5.74, 6) is 0.768. The van der Waals surface area contributed by atoms with Gasteiger partial charge in [-0.25, -0.2) is 0 Å². The first-order valence-electron chi connectivity index (χ1n) is 6.55. The van der Waals surface area contributed by atoms with E-state index in [0.717, 1.165) is 17.7 Å². The number of ether oxygens (including phenoxy) is 1. The highest BCUT2D eigenvalue weighted by Crippen LogP contribution is 2.26. The highest BCUT2D eigenvalue weighted by Gasteiger charge is 2.25. The first kappa shape index (κ1) is 16.0. The fraction of sp³-hybridized carbons (Fsp3) is 0.467. The highest BCUT2D eigenvalue weighted by atomic mass is 16.5. The van der Waals surface area contributed by atoms with Crippen molar-refractivity contribution in [1.29, 1.82) is 10.5 Å². The maximum atomic E-state index is 8.93. The van der Waals surface area contributed by atoms with E-state index >= 15 is 0 Å². The van der Waals surface area contributed by atoms with Crippen molar-refractivity contribution in [3.63, 3.8) is 0 Å². The Morgan fingerprint density at radius 2 is 1.75 bits per heavy atom. The zero-order chi connectivity index (χ0) is 15.0. The van der Waals surface area contributed by atoms with Gasteiger partial charge in [0.1, 0.15) is 5.75 Å². The van der Waals surface area contributed by atoms with Crippen molar-refractivity contribution in [2.24, 2.45) is 5.73 Å². The van der Waals surface area contributed by atoms with Gasteiger partial charge in [-0.05, 0) is 24.1 Å². The van der Waals surface area contributed by atoms with Gasteiger partial charge in [0, 0.05) is 6.04 Å². The molecule has 0 aliphatic heterocycles. The summed E-state index contributed by atoms with van der Waals surface area (Å²) in [6.45, 7) is 2.36. The zero-order valence-electron chi connectivity index (χ0n) is 11.9. The van der Waals surface area contributed by atoms with E-state index in [1.54, 1.807) is 12.0 Å². The van der Waals surface area contributed by atoms with E-state index in [2.05, 4.69) is 12.1 Å². The molecule has 0 radical (unpaired) electrons. The molecule has 0 amide bonds. The fourth-order valence-electron chi connectivity index (χ4n) is 2.19. The van der Waals surface area contributed by atoms with Gasteiger partial charge in [-0.2, -0.15) is 10.5 Å². The van der Waals surface area contributed by atoms with Gasteiger partial charge in [-0.1, -0.05) is 19.1 Å². The smallest absolute Gasteiger partial charge is 0.118 e. The molecule has 0 bridgehead atoms. The van der Waals surface area contributed by atoms with E-state index < -0.39 is 0 Å². The second-order valence-electron chi connectivity index (χ2n) is 4.51. The van der Waals surface area contributed by atoms with Crippen LogP contribution in [0.2, 0.25) is 0 Å². The summed E-state index contributed by atoms with van der Waals surface area (Å²) in [6, 6.07) is 11.5. The summed E-state index contributed by atoms with van der Waals surface area (Å²) < 4.78 is 5.14. The molecule has 0 aromatic heterocycles. The third-order valence-electron chi connectivity index (χ3n) is 3.28. The molecule has 0 aliphatic carbocycles. The number of nitrogens with two attached hydrogens (primary N) is 1. The van der Waals surface area contributed by atoms with Crippen LogP contribution in [0.1, 0.15) is 24.9 Å². The van der Waals surface area contributed by atoms with E-state index in [9.17, 15) is 0 Å². The Balaban J connectivity index is 3.09. The average molecular weight is 272 g/mol. The molecule has 106 valence electrons. The van der Waals surface area contributed by atoms with E-state index in [1.807, 2.05) is 31.2 Å². The standard InChI is InChI=1S/C15H20N4O/c1-3-14(18)15(19(10-8-16)11-9-17)12-4-6-13(20-2)7-5-12/h4-7,14-15H,3,10-11,18H2,1-2H3. The van der Waals surface area contributed by atoms with Crippen LogP contribution >= 0.6 is 0 Å². The molecular weight excluding hydrogens is 252 g/mol. The van der Waals surface area contributed by atoms with Crippen molar-refractivity contribution in [3.05, 3.63) is 29.8 Å². The predicted octanol–water partition coefficient (Wildman–Crippen LogP) is 1.82. The lowest BCUT2D eigenvalue weighted by Crippen LogP contribution is -2.41. The monoisotopic (exact) mass is 272 g/mol. The molecule has 5 nitrogen and oxygen atoms in total. The average Bonchev–Trinajstić information content (AvgIpc) is 2.48. The molecule has 2 atom stereocenters. The first-order chi connectivity index (χ1) is 9.67. The molecule has 1 aromatic carbocycles. The maximum absolute atomic E-state index is 8.93. The first-order valence-corrected chi connectivity index (χ1v) is 6.55. The van der Waals surface area contributed by atoms with Crippen LogP contribution in [0.4, 0.5) is 0 Å². The van der Waals surface area contributed by atoms with Crippen LogP contribution in [0.5, 0.6) is 5.75 Å². The van der Waals surface area contributed by atoms with Crippen molar-refractivity contribution in [3.8, 4) is 17.9 Å². The van der Waals surface area contributed by atoms with Crippen LogP contribution in [0, 0.1) is 22.7 Å². The van der Waals surface area contributed by atoms with Crippen LogP contribution in [0.3, 0.4) is 0 Å². The number of rotatable bonds is 7. The van der Waals surface area contributed by atoms with E-state index in [-0.39, 0.29) is 25.2 Å². The molecule has 0 spiro atoms. The van der Waals surface area contributed by atoms with Gasteiger partial charge in [-0.3, -0.25) is 4.90 Å². The van der Waals surface area contributed by atoms with E-state index in [0.29, 0.717) is 0 Å². The second-order valence-corrected chi connectivity index (χ2v) is 4.51. The van der Waals surface area contributed by atoms with Crippen molar-refractivity contribution < 1.29 is 4.74 Å². The molecule has 2 N–H and O–H groups in total. The second kappa shape index (κ2) is 8.16. The number of hydrogen-bond acceptors (Lipinski definition) is 5. The highest BCUT2D eigenvalue weighted by molar-refractivity contribution is 5.30. The number of methoxy groups -OCH3 is 1. The van der Waals surface area contributed by atoms with Crippen molar-refractivity contribution in [2.45, 2.75) is 25.4 Å². The van der Waals surface area contributed by atoms with Crippen LogP contribution in [-0.2, 0) is 0 Å². The molecule has 20 heavy (non-hydrogen) atoms. The van der Waals surface area contributed by atoms with E-state index in [4.69, 9.17) is 21.0 Å². The minimum absolute atomic E-state index is 0.134. The Hall–Kier alpha value is -2.08. The minimum Gasteiger partial charge on any atom is -0.497 e. The lowest BCUT2D eigenvalue weighted by molar-refractivity contribution is 0.212. The van der Waals surface area contributed by atoms with Gasteiger partial charge < -0.3 is 10.5 Å². The van der Waals surface area contributed by atoms with Crippen LogP contribution in [0.25, 0.3) is 0 Å². The summed E-state index contributed by atoms with van der Waals surface area (Å²) in [7, 11) is 1.61. The number of hydrogen-bond donors (Lipinski definition) is 1. The lowest BCUT2D eigenvalue weighted by atomic mass is 9.96. The van der Waals surface area contributed by atoms with Crippen LogP contribution in [0.15, 0.2) is 24.3 Å². The third-order valence-corrected chi connectivity index (χ3v) is 3.28. The largest absolute Gasteiger partial charge is 0.497 e. The Morgan fingerprint density at radius 1 is 1.20 bits per heavy atom. The summed E-state index contributed by atoms with van der Waals surface area (Å²) in [5.41, 5.74) is 7.18. The molecule has 0 fully saturated rings. The molecule has 0 saturated carbocycles.